The van der Waals surface area contributed by atoms with Crippen LogP contribution in [0.1, 0.15) is 18.2 Å². The quantitative estimate of drug-likeness (QED) is 0.109. The summed E-state index contributed by atoms with van der Waals surface area (Å²) in [6.45, 7) is 0.0624. The Hall–Kier alpha value is -1.68. The van der Waals surface area contributed by atoms with E-state index in [9.17, 15) is 33.1 Å². The average Bonchev–Trinajstić information content (AvgIpc) is 3.03. The van der Waals surface area contributed by atoms with Crippen LogP contribution in [0.5, 0.6) is 0 Å². The largest absolute Gasteiger partial charge is 0.490 e. The van der Waals surface area contributed by atoms with Crippen LogP contribution < -0.4 is 11.2 Å². The van der Waals surface area contributed by atoms with Gasteiger partial charge in [-0.25, -0.2) is 18.5 Å². The van der Waals surface area contributed by atoms with Gasteiger partial charge < -0.3 is 29.0 Å². The van der Waals surface area contributed by atoms with Gasteiger partial charge >= 0.3 is 29.2 Å². The number of phosphoric acid groups is 3. The first kappa shape index (κ1) is 27.6. The predicted molar refractivity (Wildman–Crippen MR) is 103 cm³/mol. The van der Waals surface area contributed by atoms with Crippen molar-refractivity contribution < 1.29 is 55.9 Å². The molecule has 5 atom stereocenters. The Morgan fingerprint density at radius 1 is 1.24 bits per heavy atom. The third-order valence-corrected chi connectivity index (χ3v) is 7.67. The zero-order chi connectivity index (χ0) is 25.0. The number of hydrogen-bond acceptors (Lipinski definition) is 11. The summed E-state index contributed by atoms with van der Waals surface area (Å²) in [5.74, 6) is 0. The SMILES string of the molecule is Cc1cn([C@H]2CC(OCN=[N+]=[N-])[C@@H](COP(=O)(O)OP(=O)(O)OP(=O)(O)O)O2)c(=O)[nH]c1=O. The molecule has 1 aliphatic rings. The lowest BCUT2D eigenvalue weighted by molar-refractivity contribution is -0.0601. The minimum atomic E-state index is -5.72. The fraction of sp³-hybridized carbons (Fsp3) is 0.636. The zero-order valence-corrected chi connectivity index (χ0v) is 19.1. The van der Waals surface area contributed by atoms with E-state index in [2.05, 4.69) is 28.2 Å². The molecule has 186 valence electrons. The normalized spacial score (nSPS) is 24.6. The number of azide groups is 1. The van der Waals surface area contributed by atoms with Crippen molar-refractivity contribution in [3.05, 3.63) is 43.0 Å². The van der Waals surface area contributed by atoms with E-state index in [0.29, 0.717) is 0 Å². The van der Waals surface area contributed by atoms with Crippen LogP contribution in [0, 0.1) is 6.92 Å². The molecule has 0 amide bonds. The molecular weight excluding hydrogens is 519 g/mol. The first-order valence-electron chi connectivity index (χ1n) is 8.51. The zero-order valence-electron chi connectivity index (χ0n) is 16.4. The van der Waals surface area contributed by atoms with E-state index in [0.717, 1.165) is 4.57 Å². The molecule has 0 radical (unpaired) electrons. The Bertz CT molecular complexity index is 1170. The number of aromatic nitrogens is 2. The maximum absolute atomic E-state index is 12.1. The Balaban J connectivity index is 2.16. The highest BCUT2D eigenvalue weighted by atomic mass is 31.3. The van der Waals surface area contributed by atoms with Crippen LogP contribution in [-0.2, 0) is 36.3 Å². The summed E-state index contributed by atoms with van der Waals surface area (Å²) in [5.41, 5.74) is 7.07. The Kier molecular flexibility index (Phi) is 8.95. The van der Waals surface area contributed by atoms with Crippen LogP contribution in [0.25, 0.3) is 10.4 Å². The molecule has 0 aliphatic carbocycles. The van der Waals surface area contributed by atoms with Gasteiger partial charge in [0.25, 0.3) is 5.56 Å². The lowest BCUT2D eigenvalue weighted by atomic mass is 10.2. The van der Waals surface area contributed by atoms with Crippen molar-refractivity contribution in [2.45, 2.75) is 31.8 Å². The van der Waals surface area contributed by atoms with Gasteiger partial charge in [0.1, 0.15) is 19.1 Å². The highest BCUT2D eigenvalue weighted by Crippen LogP contribution is 2.66. The van der Waals surface area contributed by atoms with Gasteiger partial charge in [0.15, 0.2) is 0 Å². The van der Waals surface area contributed by atoms with E-state index in [1.165, 1.54) is 13.1 Å². The Labute approximate surface area is 182 Å². The number of ether oxygens (including phenoxy) is 2. The van der Waals surface area contributed by atoms with E-state index in [-0.39, 0.29) is 12.0 Å². The molecule has 22 heteroatoms. The van der Waals surface area contributed by atoms with Gasteiger partial charge in [-0.15, -0.1) is 0 Å². The highest BCUT2D eigenvalue weighted by Gasteiger charge is 2.43. The number of nitrogens with one attached hydrogen (secondary N) is 1. The van der Waals surface area contributed by atoms with Crippen LogP contribution in [-0.4, -0.2) is 54.7 Å². The summed E-state index contributed by atoms with van der Waals surface area (Å²) in [5, 5.41) is 3.16. The molecule has 5 N–H and O–H groups in total. The molecule has 0 aromatic carbocycles. The molecule has 1 fully saturated rings. The lowest BCUT2D eigenvalue weighted by Gasteiger charge is -2.21. The van der Waals surface area contributed by atoms with Crippen molar-refractivity contribution in [1.82, 2.24) is 9.55 Å². The van der Waals surface area contributed by atoms with Crippen molar-refractivity contribution in [3.8, 4) is 0 Å². The van der Waals surface area contributed by atoms with Crippen LogP contribution in [0.4, 0.5) is 0 Å². The van der Waals surface area contributed by atoms with Crippen molar-refractivity contribution in [1.29, 1.82) is 0 Å². The number of rotatable bonds is 11. The number of aryl methyl sites for hydroxylation is 1. The second-order valence-electron chi connectivity index (χ2n) is 6.30. The third-order valence-electron chi connectivity index (χ3n) is 3.86. The maximum Gasteiger partial charge on any atom is 0.490 e. The van der Waals surface area contributed by atoms with E-state index >= 15 is 0 Å². The Morgan fingerprint density at radius 2 is 1.91 bits per heavy atom. The van der Waals surface area contributed by atoms with Crippen molar-refractivity contribution in [2.75, 3.05) is 13.3 Å². The topological polar surface area (TPSA) is 282 Å². The van der Waals surface area contributed by atoms with Crippen molar-refractivity contribution in [3.63, 3.8) is 0 Å². The number of hydrogen-bond donors (Lipinski definition) is 5. The van der Waals surface area contributed by atoms with Crippen LogP contribution in [0.3, 0.4) is 0 Å². The summed E-state index contributed by atoms with van der Waals surface area (Å²) in [4.78, 5) is 64.0. The van der Waals surface area contributed by atoms with Gasteiger partial charge in [-0.05, 0) is 12.5 Å². The molecule has 1 aliphatic heterocycles. The van der Waals surface area contributed by atoms with Gasteiger partial charge in [0, 0.05) is 23.1 Å². The summed E-state index contributed by atoms with van der Waals surface area (Å²) < 4.78 is 57.6. The van der Waals surface area contributed by atoms with E-state index in [1.807, 2.05) is 0 Å². The fourth-order valence-corrected chi connectivity index (χ4v) is 5.65. The molecule has 0 saturated carbocycles. The smallest absolute Gasteiger partial charge is 0.369 e. The second kappa shape index (κ2) is 10.7. The number of H-pyrrole nitrogens is 1. The first-order chi connectivity index (χ1) is 15.1. The summed E-state index contributed by atoms with van der Waals surface area (Å²) >= 11 is 0. The van der Waals surface area contributed by atoms with Gasteiger partial charge in [-0.3, -0.25) is 18.9 Å². The summed E-state index contributed by atoms with van der Waals surface area (Å²) in [6.07, 6.45) is -2.21. The number of phosphoric ester groups is 1. The average molecular weight is 537 g/mol. The van der Waals surface area contributed by atoms with Crippen LogP contribution in [0.15, 0.2) is 20.9 Å². The highest BCUT2D eigenvalue weighted by molar-refractivity contribution is 7.66. The number of nitrogens with zero attached hydrogens (tertiary/aromatic N) is 4. The molecule has 2 heterocycles. The van der Waals surface area contributed by atoms with E-state index in [4.69, 9.17) is 24.8 Å². The molecule has 1 saturated heterocycles. The fourth-order valence-electron chi connectivity index (χ4n) is 2.62. The summed E-state index contributed by atoms with van der Waals surface area (Å²) in [6, 6.07) is 0. The molecule has 0 spiro atoms. The van der Waals surface area contributed by atoms with Crippen molar-refractivity contribution >= 4 is 23.5 Å². The molecule has 1 aromatic rings. The molecular formula is C11H18N5O14P3. The molecule has 2 rings (SSSR count). The molecule has 33 heavy (non-hydrogen) atoms. The van der Waals surface area contributed by atoms with Gasteiger partial charge in [0.05, 0.1) is 12.7 Å². The van der Waals surface area contributed by atoms with Gasteiger partial charge in [-0.1, -0.05) is 5.11 Å². The molecule has 19 nitrogen and oxygen atoms in total. The lowest BCUT2D eigenvalue weighted by Crippen LogP contribution is -2.33. The van der Waals surface area contributed by atoms with E-state index < -0.39 is 66.5 Å². The maximum atomic E-state index is 12.1. The van der Waals surface area contributed by atoms with Gasteiger partial charge in [-0.2, -0.15) is 8.62 Å². The standard InChI is InChI=1S/C11H18N5O14P3/c1-6-3-16(11(18)14-10(6)17)9-2-7(26-5-13-15-12)8(28-9)4-27-32(22,23)30-33(24,25)29-31(19,20)21/h3,7-9H,2,4-5H2,1H3,(H,22,23)(H,24,25)(H,14,17,18)(H2,19,20,21)/t7?,8-,9-/m1/s1. The first-order valence-corrected chi connectivity index (χ1v) is 13.0. The minimum Gasteiger partial charge on any atom is -0.369 e. The number of aromatic amines is 1. The minimum absolute atomic E-state index is 0.0865. The molecule has 0 bridgehead atoms. The second-order valence-corrected chi connectivity index (χ2v) is 10.7. The molecule has 1 aromatic heterocycles. The third kappa shape index (κ3) is 8.55. The Morgan fingerprint density at radius 3 is 2.52 bits per heavy atom. The van der Waals surface area contributed by atoms with Gasteiger partial charge in [0.2, 0.25) is 0 Å². The summed E-state index contributed by atoms with van der Waals surface area (Å²) in [7, 11) is -16.7. The van der Waals surface area contributed by atoms with Crippen LogP contribution in [0.2, 0.25) is 0 Å². The predicted octanol–water partition coefficient (Wildman–Crippen LogP) is 0.129. The van der Waals surface area contributed by atoms with E-state index in [1.54, 1.807) is 0 Å². The van der Waals surface area contributed by atoms with Crippen molar-refractivity contribution in [2.24, 2.45) is 5.11 Å². The van der Waals surface area contributed by atoms with Crippen LogP contribution >= 0.6 is 23.5 Å². The monoisotopic (exact) mass is 537 g/mol. The molecule has 3 unspecified atom stereocenters.